The van der Waals surface area contributed by atoms with Gasteiger partial charge >= 0.3 is 12.0 Å². The zero-order valence-electron chi connectivity index (χ0n) is 34.2. The predicted molar refractivity (Wildman–Crippen MR) is 230 cm³/mol. The van der Waals surface area contributed by atoms with E-state index in [0.29, 0.717) is 42.4 Å². The Labute approximate surface area is 349 Å². The van der Waals surface area contributed by atoms with Crippen LogP contribution in [0.4, 0.5) is 26.4 Å². The zero-order chi connectivity index (χ0) is 43.4. The van der Waals surface area contributed by atoms with Crippen molar-refractivity contribution in [1.29, 1.82) is 0 Å². The highest BCUT2D eigenvalue weighted by molar-refractivity contribution is 6.05. The lowest BCUT2D eigenvalue weighted by atomic mass is 10.0. The lowest BCUT2D eigenvalue weighted by Crippen LogP contribution is -2.41. The SMILES string of the molecule is Cc1ccc(F)c(NC(=O)Nc2ccc(-c3cccc4c3c(N)nn4C(=O)CCCCCCCCCCCNC(=O)CCCCC(=O)N[C@@H](CCC(N)=O)C(=O)O)cc2)c1. The Morgan fingerprint density at radius 2 is 1.40 bits per heavy atom. The first-order valence-electron chi connectivity index (χ1n) is 20.6. The van der Waals surface area contributed by atoms with E-state index in [1.807, 2.05) is 37.3 Å². The van der Waals surface area contributed by atoms with Crippen LogP contribution in [0.15, 0.2) is 60.7 Å². The molecule has 16 heteroatoms. The molecule has 0 unspecified atom stereocenters. The van der Waals surface area contributed by atoms with Gasteiger partial charge in [-0.05, 0) is 86.1 Å². The Hall–Kier alpha value is -6.32. The fourth-order valence-electron chi connectivity index (χ4n) is 6.82. The van der Waals surface area contributed by atoms with Gasteiger partial charge < -0.3 is 37.8 Å². The van der Waals surface area contributed by atoms with Crippen molar-refractivity contribution in [3.05, 3.63) is 72.0 Å². The van der Waals surface area contributed by atoms with Crippen LogP contribution in [0.3, 0.4) is 0 Å². The minimum Gasteiger partial charge on any atom is -0.480 e. The number of nitrogens with zero attached hydrogens (tertiary/aromatic N) is 2. The minimum absolute atomic E-state index is 0.0672. The van der Waals surface area contributed by atoms with E-state index in [1.54, 1.807) is 24.3 Å². The average Bonchev–Trinajstić information content (AvgIpc) is 3.56. The molecule has 0 fully saturated rings. The maximum absolute atomic E-state index is 14.1. The van der Waals surface area contributed by atoms with E-state index in [1.165, 1.54) is 10.7 Å². The fourth-order valence-corrected chi connectivity index (χ4v) is 6.82. The Morgan fingerprint density at radius 3 is 2.07 bits per heavy atom. The molecule has 0 bridgehead atoms. The van der Waals surface area contributed by atoms with Crippen LogP contribution in [0.1, 0.15) is 113 Å². The summed E-state index contributed by atoms with van der Waals surface area (Å²) in [5.74, 6) is -2.77. The van der Waals surface area contributed by atoms with Crippen LogP contribution in [-0.4, -0.2) is 63.1 Å². The number of aliphatic carboxylic acids is 1. The Morgan fingerprint density at radius 1 is 0.767 bits per heavy atom. The standard InChI is InChI=1S/C44H57FN8O7/c1-29-19-24-33(45)35(28-29)51-44(60)49-31-22-20-30(21-23-31)32-14-13-15-36-41(32)42(47)52-53(36)40(57)18-9-7-5-3-2-4-6-8-12-27-48-38(55)16-10-11-17-39(56)50-34(43(58)59)25-26-37(46)54/h13-15,19-24,28,34H,2-12,16-18,25-27H2,1H3,(H2,46,54)(H2,47,52)(H,48,55)(H,50,56)(H,58,59)(H2,49,51,60)/t34-/m0/s1. The van der Waals surface area contributed by atoms with Gasteiger partial charge in [0.15, 0.2) is 5.82 Å². The number of amides is 5. The van der Waals surface area contributed by atoms with E-state index in [9.17, 15) is 38.3 Å². The molecule has 60 heavy (non-hydrogen) atoms. The zero-order valence-corrected chi connectivity index (χ0v) is 34.2. The molecule has 1 atom stereocenters. The molecule has 1 heterocycles. The van der Waals surface area contributed by atoms with Crippen LogP contribution in [0, 0.1) is 12.7 Å². The smallest absolute Gasteiger partial charge is 0.326 e. The number of hydrogen-bond donors (Lipinski definition) is 7. The number of carboxylic acid groups (broad SMARTS) is 1. The topological polar surface area (TPSA) is 241 Å². The van der Waals surface area contributed by atoms with E-state index in [4.69, 9.17) is 11.5 Å². The minimum atomic E-state index is -1.22. The van der Waals surface area contributed by atoms with Crippen LogP contribution < -0.4 is 32.7 Å². The molecule has 0 aliphatic carbocycles. The molecule has 1 aromatic heterocycles. The maximum atomic E-state index is 14.1. The summed E-state index contributed by atoms with van der Waals surface area (Å²) in [6.45, 7) is 2.41. The number of carboxylic acids is 1. The molecule has 0 aliphatic heterocycles. The highest BCUT2D eigenvalue weighted by Gasteiger charge is 2.21. The van der Waals surface area contributed by atoms with Crippen LogP contribution in [0.2, 0.25) is 0 Å². The molecule has 0 aliphatic rings. The number of aryl methyl sites for hydroxylation is 1. The van der Waals surface area contributed by atoms with Crippen molar-refractivity contribution in [2.75, 3.05) is 22.9 Å². The average molecular weight is 829 g/mol. The summed E-state index contributed by atoms with van der Waals surface area (Å²) in [7, 11) is 0. The number of fused-ring (bicyclic) bond motifs is 1. The number of carbonyl (C=O) groups is 6. The van der Waals surface area contributed by atoms with Crippen molar-refractivity contribution in [3.63, 3.8) is 0 Å². The van der Waals surface area contributed by atoms with Crippen LogP contribution in [-0.2, 0) is 19.2 Å². The summed E-state index contributed by atoms with van der Waals surface area (Å²) in [6, 6.07) is 15.5. The van der Waals surface area contributed by atoms with Crippen molar-refractivity contribution in [2.45, 2.75) is 116 Å². The second kappa shape index (κ2) is 23.9. The number of rotatable bonds is 25. The third-order valence-electron chi connectivity index (χ3n) is 10.1. The highest BCUT2D eigenvalue weighted by Crippen LogP contribution is 2.33. The number of anilines is 3. The third-order valence-corrected chi connectivity index (χ3v) is 10.1. The molecule has 0 spiro atoms. The molecule has 0 saturated carbocycles. The van der Waals surface area contributed by atoms with Gasteiger partial charge in [-0.25, -0.2) is 14.0 Å². The number of nitrogens with two attached hydrogens (primary N) is 2. The quantitative estimate of drug-likeness (QED) is 0.0328. The molecular formula is C44H57FN8O7. The molecule has 0 saturated heterocycles. The first-order chi connectivity index (χ1) is 28.8. The molecule has 322 valence electrons. The van der Waals surface area contributed by atoms with E-state index in [2.05, 4.69) is 26.4 Å². The number of benzene rings is 3. The van der Waals surface area contributed by atoms with Crippen molar-refractivity contribution in [1.82, 2.24) is 20.4 Å². The van der Waals surface area contributed by atoms with E-state index >= 15 is 0 Å². The summed E-state index contributed by atoms with van der Waals surface area (Å²) < 4.78 is 15.5. The van der Waals surface area contributed by atoms with Crippen molar-refractivity contribution >= 4 is 63.7 Å². The monoisotopic (exact) mass is 828 g/mol. The van der Waals surface area contributed by atoms with Gasteiger partial charge in [0.05, 0.1) is 16.6 Å². The molecule has 4 aromatic rings. The molecule has 5 amide bonds. The fraction of sp³-hybridized carbons (Fsp3) is 0.432. The first-order valence-corrected chi connectivity index (χ1v) is 20.6. The third kappa shape index (κ3) is 15.1. The van der Waals surface area contributed by atoms with Crippen molar-refractivity contribution in [3.8, 4) is 11.1 Å². The van der Waals surface area contributed by atoms with Gasteiger partial charge in [-0.15, -0.1) is 5.10 Å². The number of hydrogen-bond acceptors (Lipinski definition) is 8. The molecule has 9 N–H and O–H groups in total. The summed E-state index contributed by atoms with van der Waals surface area (Å²) >= 11 is 0. The second-order valence-corrected chi connectivity index (χ2v) is 15.0. The summed E-state index contributed by atoms with van der Waals surface area (Å²) in [4.78, 5) is 72.0. The number of carbonyl (C=O) groups excluding carboxylic acids is 5. The normalized spacial score (nSPS) is 11.5. The molecule has 15 nitrogen and oxygen atoms in total. The van der Waals surface area contributed by atoms with E-state index < -0.39 is 35.7 Å². The largest absolute Gasteiger partial charge is 0.480 e. The predicted octanol–water partition coefficient (Wildman–Crippen LogP) is 7.43. The number of primary amides is 1. The Kier molecular flexibility index (Phi) is 18.5. The van der Waals surface area contributed by atoms with Gasteiger partial charge in [-0.3, -0.25) is 19.2 Å². The molecule has 3 aromatic carbocycles. The van der Waals surface area contributed by atoms with Crippen LogP contribution in [0.5, 0.6) is 0 Å². The molecule has 4 rings (SSSR count). The number of unbranched alkanes of at least 4 members (excludes halogenated alkanes) is 9. The van der Waals surface area contributed by atoms with Gasteiger partial charge in [-0.2, -0.15) is 4.68 Å². The molecular weight excluding hydrogens is 772 g/mol. The second-order valence-electron chi connectivity index (χ2n) is 15.0. The number of halogens is 1. The van der Waals surface area contributed by atoms with Gasteiger partial charge in [-0.1, -0.05) is 75.3 Å². The van der Waals surface area contributed by atoms with E-state index in [0.717, 1.165) is 74.5 Å². The number of urea groups is 1. The highest BCUT2D eigenvalue weighted by atomic mass is 19.1. The number of nitrogens with one attached hydrogen (secondary N) is 4. The first kappa shape index (κ1) is 46.4. The maximum Gasteiger partial charge on any atom is 0.326 e. The van der Waals surface area contributed by atoms with Crippen molar-refractivity contribution in [2.24, 2.45) is 5.73 Å². The van der Waals surface area contributed by atoms with Crippen LogP contribution in [0.25, 0.3) is 22.0 Å². The number of aromatic nitrogens is 2. The van der Waals surface area contributed by atoms with Gasteiger partial charge in [0, 0.05) is 37.9 Å². The van der Waals surface area contributed by atoms with Gasteiger partial charge in [0.25, 0.3) is 0 Å². The van der Waals surface area contributed by atoms with Gasteiger partial charge in [0.1, 0.15) is 11.9 Å². The van der Waals surface area contributed by atoms with Crippen LogP contribution >= 0.6 is 0 Å². The lowest BCUT2D eigenvalue weighted by Gasteiger charge is -2.13. The Bertz CT molecular complexity index is 2100. The summed E-state index contributed by atoms with van der Waals surface area (Å²) in [6.07, 6.45) is 10.4. The lowest BCUT2D eigenvalue weighted by molar-refractivity contribution is -0.142. The summed E-state index contributed by atoms with van der Waals surface area (Å²) in [5, 5.41) is 24.8. The molecule has 0 radical (unpaired) electrons. The van der Waals surface area contributed by atoms with Gasteiger partial charge in [0.2, 0.25) is 23.6 Å². The van der Waals surface area contributed by atoms with E-state index in [-0.39, 0.29) is 49.0 Å². The number of nitrogen functional groups attached to an aromatic ring is 1. The van der Waals surface area contributed by atoms with Crippen molar-refractivity contribution < 1.29 is 38.3 Å². The Balaban J connectivity index is 1.06. The summed E-state index contributed by atoms with van der Waals surface area (Å²) in [5.41, 5.74) is 15.1.